The van der Waals surface area contributed by atoms with E-state index in [1.807, 2.05) is 6.07 Å². The molecule has 1 aromatic heterocycles. The van der Waals surface area contributed by atoms with E-state index in [0.29, 0.717) is 16.7 Å². The Morgan fingerprint density at radius 3 is 3.06 bits per heavy atom. The monoisotopic (exact) mass is 235 g/mol. The Labute approximate surface area is 95.6 Å². The standard InChI is InChI=1S/C11H6ClNO3/c12-9-6-16-10-5-7(15-4-3-13)1-2-8(10)11(9)14/h1-2,5-6H,4H2. The Morgan fingerprint density at radius 2 is 2.31 bits per heavy atom. The predicted molar refractivity (Wildman–Crippen MR) is 58.6 cm³/mol. The zero-order valence-electron chi connectivity index (χ0n) is 8.07. The van der Waals surface area contributed by atoms with Crippen LogP contribution in [0.2, 0.25) is 5.02 Å². The van der Waals surface area contributed by atoms with Crippen LogP contribution in [0, 0.1) is 11.3 Å². The molecule has 0 fully saturated rings. The van der Waals surface area contributed by atoms with Gasteiger partial charge in [0.05, 0.1) is 5.39 Å². The maximum absolute atomic E-state index is 11.6. The van der Waals surface area contributed by atoms with Gasteiger partial charge >= 0.3 is 0 Å². The molecular weight excluding hydrogens is 230 g/mol. The van der Waals surface area contributed by atoms with E-state index in [9.17, 15) is 4.79 Å². The van der Waals surface area contributed by atoms with Crippen LogP contribution in [0.25, 0.3) is 11.0 Å². The van der Waals surface area contributed by atoms with E-state index in [2.05, 4.69) is 0 Å². The van der Waals surface area contributed by atoms with Crippen LogP contribution in [0.3, 0.4) is 0 Å². The van der Waals surface area contributed by atoms with Crippen molar-refractivity contribution >= 4 is 22.6 Å². The van der Waals surface area contributed by atoms with E-state index in [4.69, 9.17) is 26.0 Å². The van der Waals surface area contributed by atoms with Crippen molar-refractivity contribution in [1.29, 1.82) is 5.26 Å². The van der Waals surface area contributed by atoms with Gasteiger partial charge in [-0.15, -0.1) is 0 Å². The molecule has 0 unspecified atom stereocenters. The Kier molecular flexibility index (Phi) is 2.80. The first kappa shape index (κ1) is 10.5. The molecule has 2 rings (SSSR count). The summed E-state index contributed by atoms with van der Waals surface area (Å²) in [4.78, 5) is 11.6. The fourth-order valence-electron chi connectivity index (χ4n) is 1.29. The van der Waals surface area contributed by atoms with Crippen LogP contribution in [0.15, 0.2) is 33.7 Å². The lowest BCUT2D eigenvalue weighted by Crippen LogP contribution is -2.01. The minimum Gasteiger partial charge on any atom is -0.479 e. The molecular formula is C11H6ClNO3. The van der Waals surface area contributed by atoms with Gasteiger partial charge in [-0.05, 0) is 12.1 Å². The van der Waals surface area contributed by atoms with E-state index < -0.39 is 0 Å². The highest BCUT2D eigenvalue weighted by Crippen LogP contribution is 2.20. The van der Waals surface area contributed by atoms with Crippen LogP contribution < -0.4 is 10.2 Å². The minimum absolute atomic E-state index is 0.0400. The van der Waals surface area contributed by atoms with Gasteiger partial charge in [0.2, 0.25) is 5.43 Å². The van der Waals surface area contributed by atoms with E-state index in [1.54, 1.807) is 18.2 Å². The second kappa shape index (κ2) is 4.25. The third kappa shape index (κ3) is 1.86. The lowest BCUT2D eigenvalue weighted by Gasteiger charge is -2.02. The zero-order valence-corrected chi connectivity index (χ0v) is 8.82. The molecule has 0 saturated carbocycles. The summed E-state index contributed by atoms with van der Waals surface area (Å²) in [6.45, 7) is -0.0523. The molecule has 0 saturated heterocycles. The number of halogens is 1. The van der Waals surface area contributed by atoms with Crippen molar-refractivity contribution in [2.75, 3.05) is 6.61 Å². The molecule has 5 heteroatoms. The number of hydrogen-bond acceptors (Lipinski definition) is 4. The third-order valence-corrected chi connectivity index (χ3v) is 2.27. The van der Waals surface area contributed by atoms with E-state index in [1.165, 1.54) is 6.26 Å². The van der Waals surface area contributed by atoms with E-state index in [0.717, 1.165) is 0 Å². The Balaban J connectivity index is 2.53. The molecule has 1 heterocycles. The van der Waals surface area contributed by atoms with Crippen LogP contribution in [0.5, 0.6) is 5.75 Å². The molecule has 0 radical (unpaired) electrons. The lowest BCUT2D eigenvalue weighted by molar-refractivity contribution is 0.368. The molecule has 0 bridgehead atoms. The highest BCUT2D eigenvalue weighted by Gasteiger charge is 2.06. The van der Waals surface area contributed by atoms with Crippen LogP contribution in [0.1, 0.15) is 0 Å². The van der Waals surface area contributed by atoms with Gasteiger partial charge in [0, 0.05) is 6.07 Å². The Bertz CT molecular complexity index is 627. The average Bonchev–Trinajstić information content (AvgIpc) is 2.31. The summed E-state index contributed by atoms with van der Waals surface area (Å²) in [5.41, 5.74) is 0.0968. The maximum Gasteiger partial charge on any atom is 0.211 e. The van der Waals surface area contributed by atoms with Gasteiger partial charge in [0.1, 0.15) is 28.7 Å². The Hall–Kier alpha value is -1.99. The molecule has 0 aliphatic heterocycles. The average molecular weight is 236 g/mol. The highest BCUT2D eigenvalue weighted by molar-refractivity contribution is 6.30. The van der Waals surface area contributed by atoms with Crippen molar-refractivity contribution < 1.29 is 9.15 Å². The molecule has 1 aromatic carbocycles. The molecule has 0 spiro atoms. The van der Waals surface area contributed by atoms with E-state index >= 15 is 0 Å². The second-order valence-electron chi connectivity index (χ2n) is 3.02. The zero-order chi connectivity index (χ0) is 11.5. The van der Waals surface area contributed by atoms with Crippen molar-refractivity contribution in [3.8, 4) is 11.8 Å². The fourth-order valence-corrected chi connectivity index (χ4v) is 1.44. The molecule has 0 aliphatic carbocycles. The maximum atomic E-state index is 11.6. The van der Waals surface area contributed by atoms with Gasteiger partial charge in [0.15, 0.2) is 6.61 Å². The lowest BCUT2D eigenvalue weighted by atomic mass is 10.2. The smallest absolute Gasteiger partial charge is 0.211 e. The van der Waals surface area contributed by atoms with Crippen molar-refractivity contribution in [3.05, 3.63) is 39.7 Å². The van der Waals surface area contributed by atoms with Crippen molar-refractivity contribution in [2.24, 2.45) is 0 Å². The van der Waals surface area contributed by atoms with Crippen molar-refractivity contribution in [3.63, 3.8) is 0 Å². The topological polar surface area (TPSA) is 63.2 Å². The minimum atomic E-state index is -0.283. The van der Waals surface area contributed by atoms with Gasteiger partial charge in [-0.1, -0.05) is 11.6 Å². The number of nitrogens with zero attached hydrogens (tertiary/aromatic N) is 1. The summed E-state index contributed by atoms with van der Waals surface area (Å²) in [7, 11) is 0. The molecule has 0 aliphatic rings. The summed E-state index contributed by atoms with van der Waals surface area (Å²) in [6.07, 6.45) is 1.18. The highest BCUT2D eigenvalue weighted by atomic mass is 35.5. The quantitative estimate of drug-likeness (QED) is 0.802. The molecule has 0 amide bonds. The molecule has 0 N–H and O–H groups in total. The second-order valence-corrected chi connectivity index (χ2v) is 3.42. The third-order valence-electron chi connectivity index (χ3n) is 2.01. The first-order valence-electron chi connectivity index (χ1n) is 4.43. The number of hydrogen-bond donors (Lipinski definition) is 0. The number of nitriles is 1. The SMILES string of the molecule is N#CCOc1ccc2c(=O)c(Cl)coc2c1. The van der Waals surface area contributed by atoms with Gasteiger partial charge in [-0.3, -0.25) is 4.79 Å². The van der Waals surface area contributed by atoms with Gasteiger partial charge in [-0.25, -0.2) is 0 Å². The first-order chi connectivity index (χ1) is 7.72. The van der Waals surface area contributed by atoms with Crippen molar-refractivity contribution in [2.45, 2.75) is 0 Å². The predicted octanol–water partition coefficient (Wildman–Crippen LogP) is 2.35. The number of rotatable bonds is 2. The summed E-state index contributed by atoms with van der Waals surface area (Å²) >= 11 is 5.63. The molecule has 0 atom stereocenters. The summed E-state index contributed by atoms with van der Waals surface area (Å²) in [6, 6.07) is 6.54. The summed E-state index contributed by atoms with van der Waals surface area (Å²) in [5, 5.41) is 8.78. The molecule has 16 heavy (non-hydrogen) atoms. The van der Waals surface area contributed by atoms with E-state index in [-0.39, 0.29) is 17.1 Å². The molecule has 80 valence electrons. The Morgan fingerprint density at radius 1 is 1.50 bits per heavy atom. The summed E-state index contributed by atoms with van der Waals surface area (Å²) in [5.74, 6) is 0.472. The van der Waals surface area contributed by atoms with Gasteiger partial charge in [-0.2, -0.15) is 5.26 Å². The van der Waals surface area contributed by atoms with Crippen LogP contribution in [0.4, 0.5) is 0 Å². The number of benzene rings is 1. The normalized spacial score (nSPS) is 10.0. The first-order valence-corrected chi connectivity index (χ1v) is 4.81. The number of fused-ring (bicyclic) bond motifs is 1. The molecule has 2 aromatic rings. The van der Waals surface area contributed by atoms with Crippen LogP contribution >= 0.6 is 11.6 Å². The van der Waals surface area contributed by atoms with Crippen LogP contribution in [-0.2, 0) is 0 Å². The molecule has 4 nitrogen and oxygen atoms in total. The van der Waals surface area contributed by atoms with Crippen LogP contribution in [-0.4, -0.2) is 6.61 Å². The number of ether oxygens (including phenoxy) is 1. The van der Waals surface area contributed by atoms with Crippen molar-refractivity contribution in [1.82, 2.24) is 0 Å². The fraction of sp³-hybridized carbons (Fsp3) is 0.0909. The largest absolute Gasteiger partial charge is 0.479 e. The summed E-state index contributed by atoms with van der Waals surface area (Å²) < 4.78 is 10.2. The van der Waals surface area contributed by atoms with Gasteiger partial charge in [0.25, 0.3) is 0 Å². The van der Waals surface area contributed by atoms with Gasteiger partial charge < -0.3 is 9.15 Å².